The monoisotopic (exact) mass is 231 g/mol. The van der Waals surface area contributed by atoms with Crippen LogP contribution in [0.5, 0.6) is 0 Å². The summed E-state index contributed by atoms with van der Waals surface area (Å²) in [6, 6.07) is 0. The van der Waals surface area contributed by atoms with E-state index in [0.717, 1.165) is 17.0 Å². The fourth-order valence-electron chi connectivity index (χ4n) is 1.26. The highest BCUT2D eigenvalue weighted by Gasteiger charge is 2.04. The Morgan fingerprint density at radius 3 is 2.93 bits per heavy atom. The van der Waals surface area contributed by atoms with E-state index in [4.69, 9.17) is 0 Å². The average Bonchev–Trinajstić information content (AvgIpc) is 2.50. The van der Waals surface area contributed by atoms with Crippen molar-refractivity contribution in [3.63, 3.8) is 0 Å². The number of likely N-dealkylation sites (N-methyl/N-ethyl adjacent to an activating group) is 1. The number of nitrogens with one attached hydrogen (secondary N) is 2. The third-order valence-corrected chi connectivity index (χ3v) is 2.56. The standard InChI is InChI=1S/C9H17N3O2S/c1-12(2)5-8(13)4-10-3-7-6-15-9(14)11-7/h6,8,10,13H,3-5H2,1-2H3,(H,11,14). The van der Waals surface area contributed by atoms with Crippen LogP contribution in [-0.2, 0) is 6.54 Å². The highest BCUT2D eigenvalue weighted by Crippen LogP contribution is 1.94. The number of aromatic amines is 1. The first-order valence-corrected chi connectivity index (χ1v) is 5.66. The second-order valence-corrected chi connectivity index (χ2v) is 4.56. The molecular formula is C9H17N3O2S. The molecule has 5 nitrogen and oxygen atoms in total. The molecule has 0 aliphatic rings. The summed E-state index contributed by atoms with van der Waals surface area (Å²) >= 11 is 1.15. The zero-order valence-corrected chi connectivity index (χ0v) is 9.80. The summed E-state index contributed by atoms with van der Waals surface area (Å²) in [7, 11) is 3.83. The fraction of sp³-hybridized carbons (Fsp3) is 0.667. The Bertz CT molecular complexity index is 334. The van der Waals surface area contributed by atoms with Crippen LogP contribution < -0.4 is 10.2 Å². The molecule has 0 fully saturated rings. The molecule has 0 aliphatic heterocycles. The minimum absolute atomic E-state index is 0.0411. The molecular weight excluding hydrogens is 214 g/mol. The second-order valence-electron chi connectivity index (χ2n) is 3.72. The van der Waals surface area contributed by atoms with Gasteiger partial charge in [-0.05, 0) is 14.1 Å². The SMILES string of the molecule is CN(C)CC(O)CNCc1csc(=O)[nH]1. The number of nitrogens with zero attached hydrogens (tertiary/aromatic N) is 1. The van der Waals surface area contributed by atoms with E-state index >= 15 is 0 Å². The molecule has 0 aromatic carbocycles. The molecule has 0 saturated carbocycles. The van der Waals surface area contributed by atoms with Crippen molar-refractivity contribution in [2.75, 3.05) is 27.2 Å². The van der Waals surface area contributed by atoms with Crippen LogP contribution >= 0.6 is 11.3 Å². The number of aromatic nitrogens is 1. The lowest BCUT2D eigenvalue weighted by Gasteiger charge is -2.15. The van der Waals surface area contributed by atoms with Gasteiger partial charge in [-0.2, -0.15) is 0 Å². The predicted octanol–water partition coefficient (Wildman–Crippen LogP) is -0.552. The van der Waals surface area contributed by atoms with Crippen LogP contribution in [0.2, 0.25) is 0 Å². The summed E-state index contributed by atoms with van der Waals surface area (Å²) in [5.74, 6) is 0. The molecule has 0 radical (unpaired) electrons. The molecule has 0 amide bonds. The average molecular weight is 231 g/mol. The maximum Gasteiger partial charge on any atom is 0.304 e. The molecule has 1 aromatic heterocycles. The Labute approximate surface area is 92.7 Å². The van der Waals surface area contributed by atoms with Crippen molar-refractivity contribution >= 4 is 11.3 Å². The Morgan fingerprint density at radius 2 is 2.40 bits per heavy atom. The van der Waals surface area contributed by atoms with Crippen molar-refractivity contribution in [3.05, 3.63) is 20.7 Å². The van der Waals surface area contributed by atoms with Gasteiger partial charge in [-0.3, -0.25) is 4.79 Å². The molecule has 15 heavy (non-hydrogen) atoms. The van der Waals surface area contributed by atoms with Crippen LogP contribution in [0.15, 0.2) is 10.2 Å². The Kier molecular flexibility index (Phi) is 4.97. The minimum Gasteiger partial charge on any atom is -0.390 e. The molecule has 0 aliphatic carbocycles. The molecule has 1 unspecified atom stereocenters. The third kappa shape index (κ3) is 5.08. The minimum atomic E-state index is -0.384. The second kappa shape index (κ2) is 6.02. The first-order valence-electron chi connectivity index (χ1n) is 4.78. The molecule has 1 aromatic rings. The number of rotatable bonds is 6. The smallest absolute Gasteiger partial charge is 0.304 e. The first kappa shape index (κ1) is 12.4. The molecule has 6 heteroatoms. The zero-order chi connectivity index (χ0) is 11.3. The van der Waals surface area contributed by atoms with Crippen molar-refractivity contribution in [3.8, 4) is 0 Å². The van der Waals surface area contributed by atoms with Crippen molar-refractivity contribution < 1.29 is 5.11 Å². The van der Waals surface area contributed by atoms with Crippen molar-refractivity contribution in [1.82, 2.24) is 15.2 Å². The summed E-state index contributed by atoms with van der Waals surface area (Å²) in [4.78, 5) is 15.4. The van der Waals surface area contributed by atoms with Crippen molar-refractivity contribution in [2.45, 2.75) is 12.6 Å². The molecule has 1 rings (SSSR count). The normalized spacial score (nSPS) is 13.3. The molecule has 3 N–H and O–H groups in total. The molecule has 0 spiro atoms. The Balaban J connectivity index is 2.19. The highest BCUT2D eigenvalue weighted by atomic mass is 32.1. The number of hydrogen-bond acceptors (Lipinski definition) is 5. The van der Waals surface area contributed by atoms with E-state index in [0.29, 0.717) is 19.6 Å². The van der Waals surface area contributed by atoms with Gasteiger partial charge in [-0.15, -0.1) is 0 Å². The number of hydrogen-bond donors (Lipinski definition) is 3. The number of aliphatic hydroxyl groups is 1. The van der Waals surface area contributed by atoms with Crippen LogP contribution in [0.4, 0.5) is 0 Å². The molecule has 1 heterocycles. The molecule has 0 bridgehead atoms. The lowest BCUT2D eigenvalue weighted by molar-refractivity contribution is 0.134. The van der Waals surface area contributed by atoms with Crippen LogP contribution in [0, 0.1) is 0 Å². The zero-order valence-electron chi connectivity index (χ0n) is 8.99. The Morgan fingerprint density at radius 1 is 1.67 bits per heavy atom. The number of thiazole rings is 1. The van der Waals surface area contributed by atoms with E-state index in [-0.39, 0.29) is 11.0 Å². The fourth-order valence-corrected chi connectivity index (χ4v) is 1.84. The lowest BCUT2D eigenvalue weighted by Crippen LogP contribution is -2.34. The maximum absolute atomic E-state index is 10.8. The third-order valence-electron chi connectivity index (χ3n) is 1.84. The lowest BCUT2D eigenvalue weighted by atomic mass is 10.3. The van der Waals surface area contributed by atoms with Gasteiger partial charge in [-0.1, -0.05) is 11.3 Å². The summed E-state index contributed by atoms with van der Waals surface area (Å²) in [6.45, 7) is 1.74. The van der Waals surface area contributed by atoms with Gasteiger partial charge in [0.2, 0.25) is 0 Å². The topological polar surface area (TPSA) is 68.4 Å². The quantitative estimate of drug-likeness (QED) is 0.614. The number of H-pyrrole nitrogens is 1. The van der Waals surface area contributed by atoms with E-state index < -0.39 is 0 Å². The van der Waals surface area contributed by atoms with E-state index in [9.17, 15) is 9.90 Å². The van der Waals surface area contributed by atoms with Crippen LogP contribution in [0.1, 0.15) is 5.69 Å². The molecule has 1 atom stereocenters. The van der Waals surface area contributed by atoms with E-state index in [2.05, 4.69) is 10.3 Å². The highest BCUT2D eigenvalue weighted by molar-refractivity contribution is 7.07. The van der Waals surface area contributed by atoms with Crippen molar-refractivity contribution in [2.24, 2.45) is 0 Å². The molecule has 86 valence electrons. The molecule has 0 saturated heterocycles. The van der Waals surface area contributed by atoms with Gasteiger partial charge in [0.25, 0.3) is 0 Å². The first-order chi connectivity index (χ1) is 7.08. The summed E-state index contributed by atoms with van der Waals surface area (Å²) in [5.41, 5.74) is 0.863. The van der Waals surface area contributed by atoms with E-state index in [1.807, 2.05) is 19.0 Å². The van der Waals surface area contributed by atoms with Crippen LogP contribution in [0.25, 0.3) is 0 Å². The van der Waals surface area contributed by atoms with E-state index in [1.165, 1.54) is 0 Å². The summed E-state index contributed by atoms with van der Waals surface area (Å²) in [5, 5.41) is 14.4. The number of aliphatic hydroxyl groups excluding tert-OH is 1. The Hall–Kier alpha value is -0.690. The van der Waals surface area contributed by atoms with Gasteiger partial charge in [0.05, 0.1) is 6.10 Å². The summed E-state index contributed by atoms with van der Waals surface area (Å²) < 4.78 is 0. The predicted molar refractivity (Wildman–Crippen MR) is 61.2 cm³/mol. The van der Waals surface area contributed by atoms with Crippen LogP contribution in [-0.4, -0.2) is 48.3 Å². The van der Waals surface area contributed by atoms with Gasteiger partial charge in [0.15, 0.2) is 0 Å². The maximum atomic E-state index is 10.8. The van der Waals surface area contributed by atoms with Gasteiger partial charge in [0, 0.05) is 30.7 Å². The van der Waals surface area contributed by atoms with E-state index in [1.54, 1.807) is 5.38 Å². The van der Waals surface area contributed by atoms with Gasteiger partial charge < -0.3 is 20.3 Å². The van der Waals surface area contributed by atoms with Crippen molar-refractivity contribution in [1.29, 1.82) is 0 Å². The van der Waals surface area contributed by atoms with Gasteiger partial charge >= 0.3 is 4.87 Å². The van der Waals surface area contributed by atoms with Crippen LogP contribution in [0.3, 0.4) is 0 Å². The summed E-state index contributed by atoms with van der Waals surface area (Å²) in [6.07, 6.45) is -0.384. The van der Waals surface area contributed by atoms with Gasteiger partial charge in [0.1, 0.15) is 0 Å². The van der Waals surface area contributed by atoms with Gasteiger partial charge in [-0.25, -0.2) is 0 Å². The largest absolute Gasteiger partial charge is 0.390 e.